The van der Waals surface area contributed by atoms with Crippen molar-refractivity contribution < 1.29 is 9.53 Å². The number of hydrogen-bond donors (Lipinski definition) is 3. The molecule has 1 amide bonds. The molecule has 1 saturated carbocycles. The monoisotopic (exact) mass is 362 g/mol. The highest BCUT2D eigenvalue weighted by Gasteiger charge is 2.52. The number of H-pyrrole nitrogens is 1. The smallest absolute Gasteiger partial charge is 0.226 e. The van der Waals surface area contributed by atoms with Gasteiger partial charge >= 0.3 is 0 Å². The number of aromatic nitrogens is 2. The fourth-order valence-electron chi connectivity index (χ4n) is 3.56. The van der Waals surface area contributed by atoms with Crippen LogP contribution in [0.4, 0.5) is 5.69 Å². The van der Waals surface area contributed by atoms with Gasteiger partial charge in [0.15, 0.2) is 0 Å². The molecule has 6 heteroatoms. The molecule has 138 valence electrons. The van der Waals surface area contributed by atoms with Gasteiger partial charge in [0.05, 0.1) is 13.3 Å². The van der Waals surface area contributed by atoms with E-state index in [1.54, 1.807) is 19.5 Å². The minimum atomic E-state index is -0.466. The van der Waals surface area contributed by atoms with E-state index in [9.17, 15) is 4.79 Å². The maximum absolute atomic E-state index is 12.5. The van der Waals surface area contributed by atoms with E-state index in [1.807, 2.05) is 36.4 Å². The van der Waals surface area contributed by atoms with Crippen molar-refractivity contribution in [1.82, 2.24) is 10.2 Å². The molecule has 0 unspecified atom stereocenters. The summed E-state index contributed by atoms with van der Waals surface area (Å²) in [7, 11) is 1.61. The number of hydrogen-bond acceptors (Lipinski definition) is 4. The summed E-state index contributed by atoms with van der Waals surface area (Å²) in [5.41, 5.74) is 9.67. The molecule has 2 aromatic carbocycles. The fourth-order valence-corrected chi connectivity index (χ4v) is 3.56. The number of aromatic amines is 1. The highest BCUT2D eigenvalue weighted by molar-refractivity contribution is 5.93. The number of nitrogens with two attached hydrogens (primary N) is 1. The van der Waals surface area contributed by atoms with Gasteiger partial charge in [0.25, 0.3) is 0 Å². The number of anilines is 1. The molecule has 1 aromatic heterocycles. The number of benzene rings is 2. The molecule has 0 saturated heterocycles. The summed E-state index contributed by atoms with van der Waals surface area (Å²) in [6, 6.07) is 15.7. The van der Waals surface area contributed by atoms with E-state index in [2.05, 4.69) is 27.6 Å². The minimum absolute atomic E-state index is 0.0888. The van der Waals surface area contributed by atoms with Crippen molar-refractivity contribution in [3.63, 3.8) is 0 Å². The van der Waals surface area contributed by atoms with Gasteiger partial charge in [0.2, 0.25) is 5.91 Å². The van der Waals surface area contributed by atoms with Gasteiger partial charge in [-0.2, -0.15) is 5.10 Å². The minimum Gasteiger partial charge on any atom is -0.496 e. The van der Waals surface area contributed by atoms with Crippen LogP contribution >= 0.6 is 0 Å². The van der Waals surface area contributed by atoms with E-state index in [0.29, 0.717) is 17.9 Å². The predicted octanol–water partition coefficient (Wildman–Crippen LogP) is 3.30. The molecule has 1 aliphatic carbocycles. The largest absolute Gasteiger partial charge is 0.496 e. The van der Waals surface area contributed by atoms with Crippen LogP contribution in [0.3, 0.4) is 0 Å². The lowest BCUT2D eigenvalue weighted by atomic mass is 10.0. The third-order valence-electron chi connectivity index (χ3n) is 5.10. The second kappa shape index (κ2) is 6.89. The van der Waals surface area contributed by atoms with Crippen LogP contribution in [0.15, 0.2) is 60.9 Å². The van der Waals surface area contributed by atoms with Crippen molar-refractivity contribution in [1.29, 1.82) is 0 Å². The Morgan fingerprint density at radius 3 is 2.85 bits per heavy atom. The molecule has 3 aromatic rings. The number of carbonyl (C=O) groups excluding carboxylic acids is 1. The first-order chi connectivity index (χ1) is 13.1. The van der Waals surface area contributed by atoms with E-state index in [4.69, 9.17) is 10.5 Å². The fraction of sp³-hybridized carbons (Fsp3) is 0.238. The molecular weight excluding hydrogens is 340 g/mol. The lowest BCUT2D eigenvalue weighted by Gasteiger charge is -2.14. The summed E-state index contributed by atoms with van der Waals surface area (Å²) >= 11 is 0. The van der Waals surface area contributed by atoms with Gasteiger partial charge in [-0.15, -0.1) is 0 Å². The van der Waals surface area contributed by atoms with Crippen LogP contribution in [0.25, 0.3) is 11.1 Å². The molecule has 4 rings (SSSR count). The van der Waals surface area contributed by atoms with Crippen molar-refractivity contribution in [3.8, 4) is 16.9 Å². The zero-order valence-corrected chi connectivity index (χ0v) is 15.1. The molecule has 6 nitrogen and oxygen atoms in total. The maximum atomic E-state index is 12.5. The highest BCUT2D eigenvalue weighted by Crippen LogP contribution is 2.51. The number of carbonyl (C=O) groups is 1. The topological polar surface area (TPSA) is 93.0 Å². The predicted molar refractivity (Wildman–Crippen MR) is 105 cm³/mol. The van der Waals surface area contributed by atoms with Gasteiger partial charge < -0.3 is 15.8 Å². The Labute approximate surface area is 157 Å². The highest BCUT2D eigenvalue weighted by atomic mass is 16.5. The van der Waals surface area contributed by atoms with E-state index in [-0.39, 0.29) is 11.8 Å². The van der Waals surface area contributed by atoms with Gasteiger partial charge in [0.1, 0.15) is 5.75 Å². The molecule has 1 aliphatic rings. The second-order valence-electron chi connectivity index (χ2n) is 7.03. The molecule has 2 atom stereocenters. The molecule has 1 fully saturated rings. The van der Waals surface area contributed by atoms with Crippen molar-refractivity contribution in [3.05, 3.63) is 66.5 Å². The van der Waals surface area contributed by atoms with Gasteiger partial charge in [0, 0.05) is 47.0 Å². The van der Waals surface area contributed by atoms with Crippen LogP contribution in [-0.2, 0) is 4.79 Å². The average molecular weight is 362 g/mol. The van der Waals surface area contributed by atoms with E-state index in [0.717, 1.165) is 17.5 Å². The van der Waals surface area contributed by atoms with Crippen LogP contribution < -0.4 is 15.8 Å². The number of nitrogens with one attached hydrogen (secondary N) is 2. The Kier molecular flexibility index (Phi) is 4.41. The normalized spacial score (nSPS) is 20.9. The first-order valence-corrected chi connectivity index (χ1v) is 8.90. The van der Waals surface area contributed by atoms with Gasteiger partial charge in [-0.25, -0.2) is 0 Å². The number of ether oxygens (including phenoxy) is 1. The number of amides is 1. The van der Waals surface area contributed by atoms with Crippen LogP contribution in [0, 0.1) is 0 Å². The Morgan fingerprint density at radius 2 is 2.15 bits per heavy atom. The van der Waals surface area contributed by atoms with Crippen LogP contribution in [0.2, 0.25) is 0 Å². The molecule has 0 spiro atoms. The summed E-state index contributed by atoms with van der Waals surface area (Å²) < 4.78 is 5.46. The standard InChI is InChI=1S/C21H22N4O2/c1-27-19-9-16(7-8-17(19)15-12-23-24-13-15)25-20(26)11-21(22)10-18(21)14-5-3-2-4-6-14/h2-9,12-13,18H,10-11,22H2,1H3,(H,23,24)(H,25,26)/t18-,21+/m0/s1. The lowest BCUT2D eigenvalue weighted by Crippen LogP contribution is -2.30. The SMILES string of the molecule is COc1cc(NC(=O)C[C@]2(N)C[C@H]2c2ccccc2)ccc1-c1cn[nH]c1. The zero-order chi connectivity index (χ0) is 18.9. The Hall–Kier alpha value is -3.12. The van der Waals surface area contributed by atoms with E-state index < -0.39 is 5.54 Å². The maximum Gasteiger partial charge on any atom is 0.226 e. The van der Waals surface area contributed by atoms with Gasteiger partial charge in [-0.05, 0) is 24.1 Å². The van der Waals surface area contributed by atoms with Gasteiger partial charge in [-0.1, -0.05) is 30.3 Å². The number of nitrogens with zero attached hydrogens (tertiary/aromatic N) is 1. The Morgan fingerprint density at radius 1 is 1.33 bits per heavy atom. The molecule has 1 heterocycles. The lowest BCUT2D eigenvalue weighted by molar-refractivity contribution is -0.116. The summed E-state index contributed by atoms with van der Waals surface area (Å²) in [6.45, 7) is 0. The Balaban J connectivity index is 1.43. The number of methoxy groups -OCH3 is 1. The van der Waals surface area contributed by atoms with Crippen molar-refractivity contribution >= 4 is 11.6 Å². The molecule has 0 radical (unpaired) electrons. The summed E-state index contributed by atoms with van der Waals surface area (Å²) in [6.07, 6.45) is 4.64. The third-order valence-corrected chi connectivity index (χ3v) is 5.10. The summed E-state index contributed by atoms with van der Waals surface area (Å²) in [5, 5.41) is 9.68. The molecule has 0 aliphatic heterocycles. The summed E-state index contributed by atoms with van der Waals surface area (Å²) in [5.74, 6) is 0.821. The van der Waals surface area contributed by atoms with E-state index in [1.165, 1.54) is 5.56 Å². The quantitative estimate of drug-likeness (QED) is 0.627. The van der Waals surface area contributed by atoms with Crippen LogP contribution in [0.1, 0.15) is 24.3 Å². The molecular formula is C21H22N4O2. The Bertz CT molecular complexity index is 940. The molecule has 4 N–H and O–H groups in total. The summed E-state index contributed by atoms with van der Waals surface area (Å²) in [4.78, 5) is 12.5. The van der Waals surface area contributed by atoms with Crippen molar-refractivity contribution in [2.45, 2.75) is 24.3 Å². The van der Waals surface area contributed by atoms with Crippen LogP contribution in [-0.4, -0.2) is 28.8 Å². The third kappa shape index (κ3) is 3.57. The first-order valence-electron chi connectivity index (χ1n) is 8.90. The second-order valence-corrected chi connectivity index (χ2v) is 7.03. The van der Waals surface area contributed by atoms with Gasteiger partial charge in [-0.3, -0.25) is 9.89 Å². The number of rotatable bonds is 6. The van der Waals surface area contributed by atoms with E-state index >= 15 is 0 Å². The van der Waals surface area contributed by atoms with Crippen molar-refractivity contribution in [2.24, 2.45) is 5.73 Å². The first kappa shape index (κ1) is 17.3. The molecule has 27 heavy (non-hydrogen) atoms. The van der Waals surface area contributed by atoms with Crippen molar-refractivity contribution in [2.75, 3.05) is 12.4 Å². The van der Waals surface area contributed by atoms with Crippen LogP contribution in [0.5, 0.6) is 5.75 Å². The zero-order valence-electron chi connectivity index (χ0n) is 15.1. The average Bonchev–Trinajstić information content (AvgIpc) is 3.07. The molecule has 0 bridgehead atoms.